The van der Waals surface area contributed by atoms with Gasteiger partial charge in [0, 0.05) is 23.4 Å². The van der Waals surface area contributed by atoms with Gasteiger partial charge in [-0.15, -0.1) is 49.6 Å². The van der Waals surface area contributed by atoms with Crippen LogP contribution in [0.2, 0.25) is 0 Å². The van der Waals surface area contributed by atoms with Gasteiger partial charge in [0.25, 0.3) is 0 Å². The Bertz CT molecular complexity index is 1070. The van der Waals surface area contributed by atoms with E-state index in [9.17, 15) is 9.50 Å². The maximum absolute atomic E-state index is 14.4. The Morgan fingerprint density at radius 1 is 0.970 bits per heavy atom. The zero-order valence-corrected chi connectivity index (χ0v) is 20.9. The highest BCUT2D eigenvalue weighted by Gasteiger charge is 2.22. The first-order valence-corrected chi connectivity index (χ1v) is 9.36. The van der Waals surface area contributed by atoms with Crippen molar-refractivity contribution in [2.45, 2.75) is 18.8 Å². The fourth-order valence-corrected chi connectivity index (χ4v) is 3.57. The number of hydrogen-bond acceptors (Lipinski definition) is 8. The van der Waals surface area contributed by atoms with E-state index in [1.165, 1.54) is 24.4 Å². The van der Waals surface area contributed by atoms with Gasteiger partial charge in [0.2, 0.25) is 5.95 Å². The first-order chi connectivity index (χ1) is 13.9. The average Bonchev–Trinajstić information content (AvgIpc) is 2.71. The molecule has 33 heavy (non-hydrogen) atoms. The van der Waals surface area contributed by atoms with Gasteiger partial charge in [0.05, 0.1) is 11.4 Å². The third kappa shape index (κ3) is 6.68. The third-order valence-corrected chi connectivity index (χ3v) is 5.21. The molecule has 0 atom stereocenters. The lowest BCUT2D eigenvalue weighted by Gasteiger charge is -2.28. The zero-order valence-electron chi connectivity index (χ0n) is 17.6. The van der Waals surface area contributed by atoms with Crippen molar-refractivity contribution in [3.8, 4) is 28.4 Å². The largest absolute Gasteiger partial charge is 0.506 e. The standard InChI is InChI=1S/C20H22FN7O.4ClH/c1-28-8-5-11(6-9-28)14-10-15(27-20(23)26-14)18-16(29)3-2-13(25-18)12-4-7-24-19(22)17(12)21;;;;/h2-4,7,10-11,29H,5-6,8-9H2,1H3,(H2,22,24)(H2,23,26,27);4*1H. The average molecular weight is 541 g/mol. The molecule has 182 valence electrons. The number of nitrogens with two attached hydrogens (primary N) is 2. The number of piperidine rings is 1. The second-order valence-corrected chi connectivity index (χ2v) is 7.24. The van der Waals surface area contributed by atoms with Crippen molar-refractivity contribution in [3.63, 3.8) is 0 Å². The summed E-state index contributed by atoms with van der Waals surface area (Å²) in [5.41, 5.74) is 13.4. The van der Waals surface area contributed by atoms with E-state index in [2.05, 4.69) is 31.9 Å². The number of nitrogen functional groups attached to an aromatic ring is 2. The highest BCUT2D eigenvalue weighted by molar-refractivity contribution is 5.86. The van der Waals surface area contributed by atoms with Crippen LogP contribution in [0.4, 0.5) is 16.2 Å². The summed E-state index contributed by atoms with van der Waals surface area (Å²) in [4.78, 5) is 19.1. The molecule has 4 heterocycles. The smallest absolute Gasteiger partial charge is 0.220 e. The summed E-state index contributed by atoms with van der Waals surface area (Å²) < 4.78 is 14.4. The molecule has 0 radical (unpaired) electrons. The molecule has 4 rings (SSSR count). The zero-order chi connectivity index (χ0) is 20.5. The Balaban J connectivity index is 0.00000256. The topological polar surface area (TPSA) is 127 Å². The van der Waals surface area contributed by atoms with E-state index >= 15 is 0 Å². The molecule has 0 aromatic carbocycles. The lowest BCUT2D eigenvalue weighted by Crippen LogP contribution is -2.29. The van der Waals surface area contributed by atoms with Crippen molar-refractivity contribution in [3.05, 3.63) is 42.0 Å². The molecule has 0 unspecified atom stereocenters. The molecule has 8 nitrogen and oxygen atoms in total. The lowest BCUT2D eigenvalue weighted by atomic mass is 9.93. The van der Waals surface area contributed by atoms with Gasteiger partial charge in [-0.1, -0.05) is 0 Å². The fraction of sp³-hybridized carbons (Fsp3) is 0.300. The van der Waals surface area contributed by atoms with Crippen LogP contribution < -0.4 is 11.5 Å². The van der Waals surface area contributed by atoms with Crippen LogP contribution in [0, 0.1) is 5.82 Å². The summed E-state index contributed by atoms with van der Waals surface area (Å²) in [6.45, 7) is 1.96. The molecule has 3 aromatic heterocycles. The van der Waals surface area contributed by atoms with Crippen molar-refractivity contribution < 1.29 is 9.50 Å². The van der Waals surface area contributed by atoms with E-state index in [1.54, 1.807) is 6.07 Å². The monoisotopic (exact) mass is 539 g/mol. The number of halogens is 5. The van der Waals surface area contributed by atoms with Gasteiger partial charge < -0.3 is 21.5 Å². The second kappa shape index (κ2) is 12.9. The van der Waals surface area contributed by atoms with Gasteiger partial charge in [0.15, 0.2) is 11.6 Å². The van der Waals surface area contributed by atoms with Crippen LogP contribution in [-0.4, -0.2) is 50.1 Å². The number of hydrogen-bond donors (Lipinski definition) is 3. The van der Waals surface area contributed by atoms with Gasteiger partial charge >= 0.3 is 0 Å². The number of nitrogens with zero attached hydrogens (tertiary/aromatic N) is 5. The molecular formula is C20H26Cl4FN7O. The maximum Gasteiger partial charge on any atom is 0.220 e. The van der Waals surface area contributed by atoms with Gasteiger partial charge in [-0.25, -0.2) is 24.3 Å². The van der Waals surface area contributed by atoms with Crippen LogP contribution in [0.3, 0.4) is 0 Å². The lowest BCUT2D eigenvalue weighted by molar-refractivity contribution is 0.253. The number of pyridine rings is 2. The van der Waals surface area contributed by atoms with Crippen LogP contribution in [-0.2, 0) is 0 Å². The maximum atomic E-state index is 14.4. The van der Waals surface area contributed by atoms with Crippen LogP contribution in [0.1, 0.15) is 24.5 Å². The summed E-state index contributed by atoms with van der Waals surface area (Å²) >= 11 is 0. The number of aromatic nitrogens is 4. The highest BCUT2D eigenvalue weighted by atomic mass is 35.5. The van der Waals surface area contributed by atoms with Crippen LogP contribution in [0.25, 0.3) is 22.6 Å². The number of aromatic hydroxyl groups is 1. The summed E-state index contributed by atoms with van der Waals surface area (Å²) in [6, 6.07) is 6.24. The molecule has 1 fully saturated rings. The van der Waals surface area contributed by atoms with Gasteiger partial charge in [-0.05, 0) is 57.2 Å². The van der Waals surface area contributed by atoms with E-state index < -0.39 is 5.82 Å². The van der Waals surface area contributed by atoms with Crippen molar-refractivity contribution in [1.82, 2.24) is 24.8 Å². The van der Waals surface area contributed by atoms with Crippen LogP contribution in [0.5, 0.6) is 5.75 Å². The molecule has 0 amide bonds. The second-order valence-electron chi connectivity index (χ2n) is 7.24. The van der Waals surface area contributed by atoms with Crippen molar-refractivity contribution >= 4 is 61.4 Å². The quantitative estimate of drug-likeness (QED) is 0.453. The van der Waals surface area contributed by atoms with Crippen LogP contribution in [0.15, 0.2) is 30.5 Å². The van der Waals surface area contributed by atoms with E-state index in [0.29, 0.717) is 11.4 Å². The molecule has 0 bridgehead atoms. The number of rotatable bonds is 3. The van der Waals surface area contributed by atoms with E-state index in [1.807, 2.05) is 0 Å². The molecule has 1 aliphatic heterocycles. The molecule has 3 aromatic rings. The first kappa shape index (κ1) is 30.8. The molecule has 1 aliphatic rings. The SMILES string of the molecule is CN1CCC(c2cc(-c3nc(-c4ccnc(N)c4F)ccc3O)nc(N)n2)CC1.Cl.Cl.Cl.Cl. The minimum absolute atomic E-state index is 0. The minimum Gasteiger partial charge on any atom is -0.506 e. The Labute approximate surface area is 216 Å². The molecule has 5 N–H and O–H groups in total. The summed E-state index contributed by atoms with van der Waals surface area (Å²) in [5.74, 6) is -0.579. The Hall–Kier alpha value is -2.17. The predicted molar refractivity (Wildman–Crippen MR) is 137 cm³/mol. The van der Waals surface area contributed by atoms with Crippen molar-refractivity contribution in [1.29, 1.82) is 0 Å². The molecule has 13 heteroatoms. The van der Waals surface area contributed by atoms with E-state index in [0.717, 1.165) is 31.6 Å². The fourth-order valence-electron chi connectivity index (χ4n) is 3.57. The first-order valence-electron chi connectivity index (χ1n) is 9.36. The number of likely N-dealkylation sites (tertiary alicyclic amines) is 1. The Morgan fingerprint density at radius 2 is 1.64 bits per heavy atom. The van der Waals surface area contributed by atoms with E-state index in [-0.39, 0.29) is 84.3 Å². The summed E-state index contributed by atoms with van der Waals surface area (Å²) in [7, 11) is 2.09. The Morgan fingerprint density at radius 3 is 2.30 bits per heavy atom. The summed E-state index contributed by atoms with van der Waals surface area (Å²) in [5, 5.41) is 10.4. The molecule has 0 saturated carbocycles. The van der Waals surface area contributed by atoms with Gasteiger partial charge in [0.1, 0.15) is 11.4 Å². The normalized spacial score (nSPS) is 13.6. The Kier molecular flexibility index (Phi) is 12.1. The van der Waals surface area contributed by atoms with Crippen molar-refractivity contribution in [2.75, 3.05) is 31.6 Å². The minimum atomic E-state index is -0.661. The number of anilines is 2. The molecule has 1 saturated heterocycles. The van der Waals surface area contributed by atoms with Crippen LogP contribution >= 0.6 is 49.6 Å². The third-order valence-electron chi connectivity index (χ3n) is 5.21. The van der Waals surface area contributed by atoms with Gasteiger partial charge in [-0.3, -0.25) is 0 Å². The molecule has 0 aliphatic carbocycles. The van der Waals surface area contributed by atoms with Crippen molar-refractivity contribution in [2.24, 2.45) is 0 Å². The predicted octanol–water partition coefficient (Wildman–Crippen LogP) is 4.11. The van der Waals surface area contributed by atoms with E-state index in [4.69, 9.17) is 11.5 Å². The molecular weight excluding hydrogens is 515 g/mol. The van der Waals surface area contributed by atoms with Gasteiger partial charge in [-0.2, -0.15) is 0 Å². The molecule has 0 spiro atoms. The summed E-state index contributed by atoms with van der Waals surface area (Å²) in [6.07, 6.45) is 3.34. The highest BCUT2D eigenvalue weighted by Crippen LogP contribution is 2.34.